The highest BCUT2D eigenvalue weighted by Gasteiger charge is 2.43. The zero-order valence-electron chi connectivity index (χ0n) is 21.0. The molecule has 11 nitrogen and oxygen atoms in total. The van der Waals surface area contributed by atoms with Crippen LogP contribution in [0.5, 0.6) is 0 Å². The standard InChI is InChI=1S/C26H29BrN6O5/c1-28-20-7-17(10-29-11-20)25(35)31-6-2-3-19(14-31)30-23-21(8-18(27)9-22(23)33(37)38)26(36)32-12-15-4-5-16(13-32)24(15)34/h7-11,15-16,19,28,30H,2-6,12-14H2,1H3/t15?,16?,19-/m1/s1. The lowest BCUT2D eigenvalue weighted by molar-refractivity contribution is -0.384. The maximum absolute atomic E-state index is 13.7. The van der Waals surface area contributed by atoms with E-state index in [1.54, 1.807) is 35.2 Å². The van der Waals surface area contributed by atoms with Gasteiger partial charge in [-0.2, -0.15) is 0 Å². The SMILES string of the molecule is CNc1cncc(C(=O)N2CCC[C@@H](Nc3c(C(=O)N4CC5CCC(C4)C5=O)cc(Br)cc3[N+](=O)[O-])C2)c1. The summed E-state index contributed by atoms with van der Waals surface area (Å²) in [5.74, 6) is -0.610. The Morgan fingerprint density at radius 1 is 1.05 bits per heavy atom. The van der Waals surface area contributed by atoms with Crippen molar-refractivity contribution >= 4 is 50.6 Å². The van der Waals surface area contributed by atoms with Gasteiger partial charge in [0.05, 0.1) is 21.7 Å². The van der Waals surface area contributed by atoms with Crippen LogP contribution in [0.2, 0.25) is 0 Å². The quantitative estimate of drug-likeness (QED) is 0.388. The second-order valence-corrected chi connectivity index (χ2v) is 11.1. The van der Waals surface area contributed by atoms with Crippen molar-refractivity contribution in [2.24, 2.45) is 11.8 Å². The molecule has 2 bridgehead atoms. The van der Waals surface area contributed by atoms with Crippen molar-refractivity contribution in [3.8, 4) is 0 Å². The molecule has 1 aliphatic carbocycles. The molecule has 2 saturated heterocycles. The summed E-state index contributed by atoms with van der Waals surface area (Å²) in [5.41, 5.74) is 1.30. The summed E-state index contributed by atoms with van der Waals surface area (Å²) < 4.78 is 0.423. The summed E-state index contributed by atoms with van der Waals surface area (Å²) in [7, 11) is 1.75. The predicted octanol–water partition coefficient (Wildman–Crippen LogP) is 3.56. The molecule has 0 radical (unpaired) electrons. The van der Waals surface area contributed by atoms with Crippen molar-refractivity contribution in [2.45, 2.75) is 31.7 Å². The van der Waals surface area contributed by atoms with E-state index in [9.17, 15) is 24.5 Å². The normalized spacial score (nSPS) is 22.8. The number of piperidine rings is 2. The summed E-state index contributed by atoms with van der Waals surface area (Å²) in [6.45, 7) is 1.55. The Morgan fingerprint density at radius 3 is 2.47 bits per heavy atom. The van der Waals surface area contributed by atoms with Crippen molar-refractivity contribution < 1.29 is 19.3 Å². The summed E-state index contributed by atoms with van der Waals surface area (Å²) in [4.78, 5) is 58.2. The minimum absolute atomic E-state index is 0.144. The molecule has 5 rings (SSSR count). The van der Waals surface area contributed by atoms with Gasteiger partial charge in [0.15, 0.2) is 0 Å². The van der Waals surface area contributed by atoms with Crippen LogP contribution in [-0.4, -0.2) is 76.6 Å². The Hall–Kier alpha value is -3.54. The largest absolute Gasteiger partial charge is 0.387 e. The number of nitro benzene ring substituents is 1. The van der Waals surface area contributed by atoms with Crippen molar-refractivity contribution in [2.75, 3.05) is 43.9 Å². The molecule has 0 spiro atoms. The van der Waals surface area contributed by atoms with Crippen LogP contribution in [0.15, 0.2) is 35.1 Å². The number of nitrogens with zero attached hydrogens (tertiary/aromatic N) is 4. The Balaban J connectivity index is 1.40. The van der Waals surface area contributed by atoms with Crippen LogP contribution in [0.25, 0.3) is 0 Å². The maximum Gasteiger partial charge on any atom is 0.294 e. The van der Waals surface area contributed by atoms with Crippen molar-refractivity contribution in [3.05, 3.63) is 56.3 Å². The number of anilines is 2. The fraction of sp³-hybridized carbons (Fsp3) is 0.462. The number of benzene rings is 1. The van der Waals surface area contributed by atoms with Gasteiger partial charge >= 0.3 is 0 Å². The van der Waals surface area contributed by atoms with Crippen LogP contribution in [0.3, 0.4) is 0 Å². The molecule has 1 saturated carbocycles. The molecule has 2 amide bonds. The third kappa shape index (κ3) is 5.09. The highest BCUT2D eigenvalue weighted by atomic mass is 79.9. The number of fused-ring (bicyclic) bond motifs is 2. The number of carbonyl (C=O) groups excluding carboxylic acids is 3. The van der Waals surface area contributed by atoms with Crippen molar-refractivity contribution in [1.29, 1.82) is 0 Å². The molecule has 38 heavy (non-hydrogen) atoms. The summed E-state index contributed by atoms with van der Waals surface area (Å²) in [6, 6.07) is 4.41. The van der Waals surface area contributed by atoms with E-state index >= 15 is 0 Å². The molecular weight excluding hydrogens is 556 g/mol. The molecule has 1 aromatic carbocycles. The minimum Gasteiger partial charge on any atom is -0.387 e. The van der Waals surface area contributed by atoms with E-state index in [1.165, 1.54) is 12.3 Å². The van der Waals surface area contributed by atoms with Gasteiger partial charge < -0.3 is 20.4 Å². The summed E-state index contributed by atoms with van der Waals surface area (Å²) in [6.07, 6.45) is 6.08. The van der Waals surface area contributed by atoms with Crippen LogP contribution < -0.4 is 10.6 Å². The smallest absolute Gasteiger partial charge is 0.294 e. The number of pyridine rings is 1. The number of amides is 2. The summed E-state index contributed by atoms with van der Waals surface area (Å²) >= 11 is 3.32. The first kappa shape index (κ1) is 26.1. The monoisotopic (exact) mass is 584 g/mol. The number of nitrogens with one attached hydrogen (secondary N) is 2. The highest BCUT2D eigenvalue weighted by Crippen LogP contribution is 2.38. The molecule has 1 aromatic heterocycles. The van der Waals surface area contributed by atoms with Gasteiger partial charge in [0.1, 0.15) is 11.5 Å². The lowest BCUT2D eigenvalue weighted by Crippen LogP contribution is -2.46. The number of Topliss-reactive ketones (excluding diaryl/α,β-unsaturated/α-hetero) is 1. The zero-order valence-corrected chi connectivity index (χ0v) is 22.6. The average molecular weight is 585 g/mol. The molecule has 3 fully saturated rings. The minimum atomic E-state index is -0.506. The first-order chi connectivity index (χ1) is 18.2. The van der Waals surface area contributed by atoms with Crippen LogP contribution in [0.4, 0.5) is 17.1 Å². The van der Waals surface area contributed by atoms with Gasteiger partial charge in [0.2, 0.25) is 0 Å². The van der Waals surface area contributed by atoms with Crippen molar-refractivity contribution in [1.82, 2.24) is 14.8 Å². The van der Waals surface area contributed by atoms with Crippen LogP contribution in [-0.2, 0) is 4.79 Å². The third-order valence-electron chi connectivity index (χ3n) is 7.68. The molecule has 3 atom stereocenters. The van der Waals surface area contributed by atoms with E-state index in [4.69, 9.17) is 0 Å². The molecule has 2 aromatic rings. The molecule has 3 heterocycles. The zero-order chi connectivity index (χ0) is 27.0. The number of hydrogen-bond donors (Lipinski definition) is 2. The highest BCUT2D eigenvalue weighted by molar-refractivity contribution is 9.10. The van der Waals surface area contributed by atoms with Gasteiger partial charge in [-0.15, -0.1) is 0 Å². The number of likely N-dealkylation sites (tertiary alicyclic amines) is 2. The second-order valence-electron chi connectivity index (χ2n) is 10.1. The first-order valence-electron chi connectivity index (χ1n) is 12.7. The number of halogens is 1. The van der Waals surface area contributed by atoms with Crippen molar-refractivity contribution in [3.63, 3.8) is 0 Å². The van der Waals surface area contributed by atoms with E-state index in [2.05, 4.69) is 31.5 Å². The molecular formula is C26H29BrN6O5. The lowest BCUT2D eigenvalue weighted by Gasteiger charge is -2.35. The molecule has 2 aliphatic heterocycles. The first-order valence-corrected chi connectivity index (χ1v) is 13.5. The average Bonchev–Trinajstić information content (AvgIpc) is 3.12. The van der Waals surface area contributed by atoms with Crippen LogP contribution in [0, 0.1) is 22.0 Å². The van der Waals surface area contributed by atoms with Gasteiger partial charge in [0, 0.05) is 74.0 Å². The van der Waals surface area contributed by atoms with Gasteiger partial charge in [-0.3, -0.25) is 29.5 Å². The molecule has 200 valence electrons. The Bertz CT molecular complexity index is 1290. The summed E-state index contributed by atoms with van der Waals surface area (Å²) in [5, 5.41) is 18.3. The van der Waals surface area contributed by atoms with E-state index in [-0.39, 0.29) is 52.4 Å². The van der Waals surface area contributed by atoms with Crippen LogP contribution in [0.1, 0.15) is 46.4 Å². The number of ketones is 1. The Labute approximate surface area is 228 Å². The predicted molar refractivity (Wildman–Crippen MR) is 144 cm³/mol. The van der Waals surface area contributed by atoms with Gasteiger partial charge in [-0.25, -0.2) is 0 Å². The Morgan fingerprint density at radius 2 is 1.79 bits per heavy atom. The lowest BCUT2D eigenvalue weighted by atomic mass is 9.96. The number of nitro groups is 1. The number of carbonyl (C=O) groups is 3. The topological polar surface area (TPSA) is 138 Å². The van der Waals surface area contributed by atoms with Crippen LogP contribution >= 0.6 is 15.9 Å². The number of hydrogen-bond acceptors (Lipinski definition) is 8. The molecule has 12 heteroatoms. The van der Waals surface area contributed by atoms with Gasteiger partial charge in [0.25, 0.3) is 17.5 Å². The number of aromatic nitrogens is 1. The van der Waals surface area contributed by atoms with Gasteiger partial charge in [-0.1, -0.05) is 15.9 Å². The third-order valence-corrected chi connectivity index (χ3v) is 8.14. The molecule has 3 aliphatic rings. The van der Waals surface area contributed by atoms with E-state index in [1.807, 2.05) is 0 Å². The molecule has 2 unspecified atom stereocenters. The number of rotatable bonds is 6. The van der Waals surface area contributed by atoms with E-state index in [0.29, 0.717) is 49.1 Å². The fourth-order valence-electron chi connectivity index (χ4n) is 5.74. The molecule has 2 N–H and O–H groups in total. The Kier molecular flexibility index (Phi) is 7.33. The second kappa shape index (κ2) is 10.7. The fourth-order valence-corrected chi connectivity index (χ4v) is 6.19. The van der Waals surface area contributed by atoms with Gasteiger partial charge in [-0.05, 0) is 37.8 Å². The van der Waals surface area contributed by atoms with E-state index < -0.39 is 4.92 Å². The van der Waals surface area contributed by atoms with E-state index in [0.717, 1.165) is 18.5 Å². The maximum atomic E-state index is 13.7.